The molecule has 1 saturated heterocycles. The molecular formula is C24H21BClN7O4. The highest BCUT2D eigenvalue weighted by molar-refractivity contribution is 6.56. The molecule has 0 atom stereocenters. The van der Waals surface area contributed by atoms with Gasteiger partial charge >= 0.3 is 0 Å². The van der Waals surface area contributed by atoms with Crippen LogP contribution in [0.2, 0.25) is 5.02 Å². The summed E-state index contributed by atoms with van der Waals surface area (Å²) in [6.07, 6.45) is 2.47. The third-order valence-electron chi connectivity index (χ3n) is 5.95. The van der Waals surface area contributed by atoms with Gasteiger partial charge in [-0.05, 0) is 24.3 Å². The van der Waals surface area contributed by atoms with E-state index in [1.807, 2.05) is 24.3 Å². The van der Waals surface area contributed by atoms with Gasteiger partial charge in [0, 0.05) is 32.0 Å². The van der Waals surface area contributed by atoms with E-state index in [4.69, 9.17) is 24.2 Å². The molecule has 13 heteroatoms. The highest BCUT2D eigenvalue weighted by Crippen LogP contribution is 2.29. The maximum Gasteiger partial charge on any atom is 0.276 e. The number of H-pyrrole nitrogens is 2. The molecule has 0 aliphatic carbocycles. The number of benzene rings is 2. The van der Waals surface area contributed by atoms with Gasteiger partial charge in [-0.15, -0.1) is 0 Å². The first-order valence-corrected chi connectivity index (χ1v) is 11.9. The van der Waals surface area contributed by atoms with Crippen molar-refractivity contribution in [2.45, 2.75) is 18.9 Å². The van der Waals surface area contributed by atoms with E-state index in [9.17, 15) is 14.4 Å². The van der Waals surface area contributed by atoms with Crippen LogP contribution in [0.15, 0.2) is 48.8 Å². The molecule has 5 rings (SSSR count). The molecule has 0 unspecified atom stereocenters. The van der Waals surface area contributed by atoms with Gasteiger partial charge in [0.2, 0.25) is 13.8 Å². The third kappa shape index (κ3) is 5.43. The summed E-state index contributed by atoms with van der Waals surface area (Å²) in [7, 11) is 5.31. The average molecular weight is 518 g/mol. The second-order valence-electron chi connectivity index (χ2n) is 8.42. The maximum absolute atomic E-state index is 12.9. The number of ether oxygens (including phenoxy) is 1. The summed E-state index contributed by atoms with van der Waals surface area (Å²) in [6.45, 7) is 1.05. The molecule has 0 spiro atoms. The van der Waals surface area contributed by atoms with E-state index < -0.39 is 17.6 Å². The number of fused-ring (bicyclic) bond motifs is 1. The molecule has 11 nitrogen and oxygen atoms in total. The standard InChI is InChI=1S/C24H21BClN7O4/c25-23(36)33-9-7-13(8-10-33)37-14-5-6-16(15(26)11-14)29-21(34)19-20(28-12-27-19)22(35)32-24-30-17-3-1-2-4-18(17)31-24/h1-6,11-13H,7-10H2,(H,27,28)(H,29,34)(H2,30,31,32,35). The zero-order valence-corrected chi connectivity index (χ0v) is 20.2. The highest BCUT2D eigenvalue weighted by atomic mass is 35.5. The molecule has 2 radical (unpaired) electrons. The fourth-order valence-electron chi connectivity index (χ4n) is 4.06. The van der Waals surface area contributed by atoms with E-state index in [0.29, 0.717) is 42.9 Å². The zero-order valence-electron chi connectivity index (χ0n) is 19.5. The summed E-state index contributed by atoms with van der Waals surface area (Å²) in [5.74, 6) is -0.865. The number of aromatic nitrogens is 4. The van der Waals surface area contributed by atoms with Gasteiger partial charge in [-0.3, -0.25) is 19.7 Å². The number of imidazole rings is 2. The first kappa shape index (κ1) is 24.4. The number of carbonyl (C=O) groups is 3. The van der Waals surface area contributed by atoms with Gasteiger partial charge in [-0.2, -0.15) is 0 Å². The fourth-order valence-corrected chi connectivity index (χ4v) is 4.28. The van der Waals surface area contributed by atoms with E-state index in [-0.39, 0.29) is 28.5 Å². The number of likely N-dealkylation sites (tertiary alicyclic amines) is 1. The quantitative estimate of drug-likeness (QED) is 0.288. The molecule has 0 saturated carbocycles. The van der Waals surface area contributed by atoms with Gasteiger partial charge in [0.05, 0.1) is 28.1 Å². The summed E-state index contributed by atoms with van der Waals surface area (Å²) < 4.78 is 5.97. The van der Waals surface area contributed by atoms with Crippen LogP contribution in [0.5, 0.6) is 5.75 Å². The topological polar surface area (TPSA) is 145 Å². The average Bonchev–Trinajstić information content (AvgIpc) is 3.53. The van der Waals surface area contributed by atoms with Crippen LogP contribution >= 0.6 is 11.6 Å². The number of halogens is 1. The molecule has 3 heterocycles. The Morgan fingerprint density at radius 1 is 1.08 bits per heavy atom. The van der Waals surface area contributed by atoms with Crippen molar-refractivity contribution < 1.29 is 19.1 Å². The molecular weight excluding hydrogens is 497 g/mol. The Morgan fingerprint density at radius 2 is 1.86 bits per heavy atom. The number of nitrogens with zero attached hydrogens (tertiary/aromatic N) is 3. The lowest BCUT2D eigenvalue weighted by Crippen LogP contribution is -2.41. The Labute approximate surface area is 217 Å². The second kappa shape index (κ2) is 10.4. The molecule has 4 N–H and O–H groups in total. The molecule has 0 bridgehead atoms. The van der Waals surface area contributed by atoms with Crippen LogP contribution in [0.3, 0.4) is 0 Å². The first-order valence-electron chi connectivity index (χ1n) is 11.5. The first-order chi connectivity index (χ1) is 17.9. The SMILES string of the molecule is [B]C(=O)N1CCC(Oc2ccc(NC(=O)c3nc[nH]c3C(=O)Nc3nc4ccccc4[nH]3)c(Cl)c2)CC1. The lowest BCUT2D eigenvalue weighted by atomic mass is 10.0. The Balaban J connectivity index is 1.22. The Morgan fingerprint density at radius 3 is 2.59 bits per heavy atom. The predicted molar refractivity (Wildman–Crippen MR) is 138 cm³/mol. The molecule has 2 aromatic carbocycles. The van der Waals surface area contributed by atoms with Gasteiger partial charge in [0.25, 0.3) is 11.8 Å². The van der Waals surface area contributed by atoms with Gasteiger partial charge in [0.15, 0.2) is 11.5 Å². The lowest BCUT2D eigenvalue weighted by molar-refractivity contribution is 0.0985. The number of rotatable bonds is 6. The van der Waals surface area contributed by atoms with Crippen molar-refractivity contribution in [3.63, 3.8) is 0 Å². The molecule has 1 fully saturated rings. The van der Waals surface area contributed by atoms with Crippen LogP contribution in [-0.2, 0) is 0 Å². The summed E-state index contributed by atoms with van der Waals surface area (Å²) in [6, 6.07) is 12.2. The number of aromatic amines is 2. The van der Waals surface area contributed by atoms with E-state index in [0.717, 1.165) is 5.52 Å². The van der Waals surface area contributed by atoms with Crippen molar-refractivity contribution in [1.82, 2.24) is 24.8 Å². The number of amides is 3. The van der Waals surface area contributed by atoms with Crippen molar-refractivity contribution >= 4 is 59.7 Å². The van der Waals surface area contributed by atoms with Gasteiger partial charge < -0.3 is 24.9 Å². The molecule has 3 amide bonds. The van der Waals surface area contributed by atoms with Crippen LogP contribution in [0.1, 0.15) is 33.8 Å². The number of anilines is 2. The molecule has 1 aliphatic rings. The number of carbonyl (C=O) groups excluding carboxylic acids is 3. The van der Waals surface area contributed by atoms with Crippen molar-refractivity contribution in [3.05, 3.63) is 65.2 Å². The molecule has 2 aromatic heterocycles. The van der Waals surface area contributed by atoms with Crippen LogP contribution in [0, 0.1) is 0 Å². The van der Waals surface area contributed by atoms with E-state index >= 15 is 0 Å². The van der Waals surface area contributed by atoms with E-state index in [2.05, 4.69) is 30.6 Å². The van der Waals surface area contributed by atoms with Crippen LogP contribution in [-0.4, -0.2) is 69.5 Å². The van der Waals surface area contributed by atoms with Crippen molar-refractivity contribution in [3.8, 4) is 5.75 Å². The van der Waals surface area contributed by atoms with E-state index in [1.165, 1.54) is 6.33 Å². The summed E-state index contributed by atoms with van der Waals surface area (Å²) in [5.41, 5.74) is 1.65. The largest absolute Gasteiger partial charge is 0.490 e. The van der Waals surface area contributed by atoms with Gasteiger partial charge in [0.1, 0.15) is 17.5 Å². The number of hydrogen-bond acceptors (Lipinski definition) is 6. The number of piperidine rings is 1. The maximum atomic E-state index is 12.9. The molecule has 186 valence electrons. The summed E-state index contributed by atoms with van der Waals surface area (Å²) in [5, 5.41) is 5.56. The van der Waals surface area contributed by atoms with Crippen LogP contribution in [0.25, 0.3) is 11.0 Å². The Kier molecular flexibility index (Phi) is 6.82. The zero-order chi connectivity index (χ0) is 25.9. The van der Waals surface area contributed by atoms with Crippen LogP contribution in [0.4, 0.5) is 16.4 Å². The highest BCUT2D eigenvalue weighted by Gasteiger charge is 2.24. The second-order valence-corrected chi connectivity index (χ2v) is 8.83. The minimum Gasteiger partial charge on any atom is -0.490 e. The van der Waals surface area contributed by atoms with Gasteiger partial charge in [-0.25, -0.2) is 9.97 Å². The van der Waals surface area contributed by atoms with Crippen molar-refractivity contribution in [2.24, 2.45) is 0 Å². The Bertz CT molecular complexity index is 1450. The lowest BCUT2D eigenvalue weighted by Gasteiger charge is -2.32. The summed E-state index contributed by atoms with van der Waals surface area (Å²) in [4.78, 5) is 52.5. The summed E-state index contributed by atoms with van der Waals surface area (Å²) >= 11 is 6.38. The molecule has 1 aliphatic heterocycles. The van der Waals surface area contributed by atoms with Gasteiger partial charge in [-0.1, -0.05) is 23.7 Å². The van der Waals surface area contributed by atoms with Crippen molar-refractivity contribution in [1.29, 1.82) is 0 Å². The minimum atomic E-state index is -0.620. The number of hydrogen-bond donors (Lipinski definition) is 4. The fraction of sp³-hybridized carbons (Fsp3) is 0.208. The van der Waals surface area contributed by atoms with Crippen LogP contribution < -0.4 is 15.4 Å². The normalized spacial score (nSPS) is 13.9. The smallest absolute Gasteiger partial charge is 0.276 e. The number of nitrogens with one attached hydrogen (secondary N) is 4. The Hall–Kier alpha value is -4.32. The van der Waals surface area contributed by atoms with E-state index in [1.54, 1.807) is 23.1 Å². The molecule has 4 aromatic rings. The molecule has 37 heavy (non-hydrogen) atoms. The van der Waals surface area contributed by atoms with Crippen molar-refractivity contribution in [2.75, 3.05) is 23.7 Å². The third-order valence-corrected chi connectivity index (χ3v) is 6.26. The predicted octanol–water partition coefficient (Wildman–Crippen LogP) is 3.58. The monoisotopic (exact) mass is 517 g/mol. The minimum absolute atomic E-state index is 0.0312. The number of para-hydroxylation sites is 2.